The van der Waals surface area contributed by atoms with E-state index >= 15 is 0 Å². The van der Waals surface area contributed by atoms with E-state index in [-0.39, 0.29) is 24.2 Å². The number of piperidine rings is 3. The second kappa shape index (κ2) is 29.3. The Balaban J connectivity index is 0.617. The van der Waals surface area contributed by atoms with Gasteiger partial charge in [-0.3, -0.25) is 14.7 Å². The van der Waals surface area contributed by atoms with E-state index in [0.717, 1.165) is 182 Å². The summed E-state index contributed by atoms with van der Waals surface area (Å²) in [4.78, 5) is 47.0. The average molecular weight is 1470 g/mol. The Morgan fingerprint density at radius 3 is 1.52 bits per heavy atom. The van der Waals surface area contributed by atoms with Crippen LogP contribution in [0.4, 0.5) is 17.5 Å². The minimum Gasteiger partial charge on any atom is -0.355 e. The summed E-state index contributed by atoms with van der Waals surface area (Å²) in [5.74, 6) is 4.26. The SMILES string of the molecule is Cc1nn(C(C)c2ccc(Cl)cc2Cl)c2nc(N3CC(C)C(N4CCC(CC(c5ccc(Cl)cc5Cl)n5nc(C)c6ncc(N7CCC(N8CC=C(CC(c9ccc(Cl)cc9Cl)n9nc(C)c%10ncc(N%11CCC(N%12CCCCCCC%12)C(C)C%11)nc%109)C8)C(C)C7)nc65)C4)CC3C)cnc12. The fourth-order valence-corrected chi connectivity index (χ4v) is 19.6. The topological polar surface area (TPSA) is 150 Å². The first-order chi connectivity index (χ1) is 48.3. The van der Waals surface area contributed by atoms with Crippen LogP contribution in [0.2, 0.25) is 30.1 Å². The molecule has 12 heterocycles. The van der Waals surface area contributed by atoms with Gasteiger partial charge in [0.15, 0.2) is 16.9 Å². The minimum absolute atomic E-state index is 0.177. The van der Waals surface area contributed by atoms with Crippen LogP contribution in [0.5, 0.6) is 0 Å². The molecule has 0 N–H and O–H groups in total. The summed E-state index contributed by atoms with van der Waals surface area (Å²) >= 11 is 40.7. The summed E-state index contributed by atoms with van der Waals surface area (Å²) in [6, 6.07) is 18.3. The number of likely N-dealkylation sites (tertiary alicyclic amines) is 2. The molecule has 9 aromatic rings. The van der Waals surface area contributed by atoms with Gasteiger partial charge in [-0.15, -0.1) is 0 Å². The van der Waals surface area contributed by atoms with Gasteiger partial charge in [0.25, 0.3) is 0 Å². The Labute approximate surface area is 617 Å². The molecule has 6 aliphatic heterocycles. The van der Waals surface area contributed by atoms with Gasteiger partial charge < -0.3 is 14.7 Å². The van der Waals surface area contributed by atoms with E-state index in [2.05, 4.69) is 91.6 Å². The highest BCUT2D eigenvalue weighted by molar-refractivity contribution is 6.36. The summed E-state index contributed by atoms with van der Waals surface area (Å²) in [5, 5.41) is 19.1. The quantitative estimate of drug-likeness (QED) is 0.0844. The van der Waals surface area contributed by atoms with E-state index in [9.17, 15) is 0 Å². The highest BCUT2D eigenvalue weighted by atomic mass is 35.5. The molecular formula is C76H92Cl6N18. The van der Waals surface area contributed by atoms with Gasteiger partial charge in [0.1, 0.15) is 34.0 Å². The molecule has 5 fully saturated rings. The molecule has 6 aromatic heterocycles. The van der Waals surface area contributed by atoms with E-state index in [4.69, 9.17) is 115 Å². The number of hydrogen-bond acceptors (Lipinski definition) is 15. The molecule has 11 atom stereocenters. The van der Waals surface area contributed by atoms with Crippen LogP contribution in [0.1, 0.15) is 157 Å². The summed E-state index contributed by atoms with van der Waals surface area (Å²) in [5.41, 5.74) is 11.5. The van der Waals surface area contributed by atoms with Gasteiger partial charge in [-0.2, -0.15) is 15.3 Å². The maximum absolute atomic E-state index is 7.25. The lowest BCUT2D eigenvalue weighted by Crippen LogP contribution is -2.53. The van der Waals surface area contributed by atoms with Crippen LogP contribution >= 0.6 is 69.6 Å². The van der Waals surface area contributed by atoms with Gasteiger partial charge in [0, 0.05) is 107 Å². The van der Waals surface area contributed by atoms with Crippen LogP contribution in [-0.2, 0) is 0 Å². The molecule has 18 nitrogen and oxygen atoms in total. The highest BCUT2D eigenvalue weighted by Gasteiger charge is 2.41. The first kappa shape index (κ1) is 69.8. The van der Waals surface area contributed by atoms with Crippen molar-refractivity contribution in [2.24, 2.45) is 23.7 Å². The Morgan fingerprint density at radius 1 is 0.480 bits per heavy atom. The monoisotopic (exact) mass is 1470 g/mol. The zero-order valence-electron chi connectivity index (χ0n) is 58.7. The molecule has 0 spiro atoms. The maximum atomic E-state index is 7.25. The van der Waals surface area contributed by atoms with Gasteiger partial charge in [-0.1, -0.05) is 139 Å². The number of halogens is 6. The number of anilines is 3. The summed E-state index contributed by atoms with van der Waals surface area (Å²) in [6.07, 6.45) is 20.7. The Morgan fingerprint density at radius 2 is 0.960 bits per heavy atom. The van der Waals surface area contributed by atoms with Gasteiger partial charge in [0.05, 0.1) is 53.8 Å². The lowest BCUT2D eigenvalue weighted by Gasteiger charge is -2.45. The van der Waals surface area contributed by atoms with Crippen LogP contribution in [0.25, 0.3) is 33.5 Å². The number of aryl methyl sites for hydroxylation is 3. The summed E-state index contributed by atoms with van der Waals surface area (Å²) in [7, 11) is 0. The van der Waals surface area contributed by atoms with Crippen molar-refractivity contribution in [3.05, 3.63) is 149 Å². The van der Waals surface area contributed by atoms with Crippen LogP contribution in [0.3, 0.4) is 0 Å². The molecule has 11 unspecified atom stereocenters. The van der Waals surface area contributed by atoms with Crippen molar-refractivity contribution in [3.63, 3.8) is 0 Å². The van der Waals surface area contributed by atoms with Crippen molar-refractivity contribution in [1.29, 1.82) is 0 Å². The summed E-state index contributed by atoms with van der Waals surface area (Å²) < 4.78 is 6.17. The molecule has 0 saturated carbocycles. The van der Waals surface area contributed by atoms with E-state index < -0.39 is 0 Å². The zero-order chi connectivity index (χ0) is 69.4. The first-order valence-electron chi connectivity index (χ1n) is 36.5. The fraction of sp³-hybridized carbons (Fsp3) is 0.539. The lowest BCUT2D eigenvalue weighted by molar-refractivity contribution is 0.118. The van der Waals surface area contributed by atoms with E-state index in [1.807, 2.05) is 80.4 Å². The molecular weight excluding hydrogens is 1380 g/mol. The third-order valence-electron chi connectivity index (χ3n) is 23.3. The second-order valence-corrected chi connectivity index (χ2v) is 32.6. The van der Waals surface area contributed by atoms with Crippen molar-refractivity contribution in [2.75, 3.05) is 86.7 Å². The van der Waals surface area contributed by atoms with Crippen molar-refractivity contribution in [3.8, 4) is 0 Å². The number of benzene rings is 3. The van der Waals surface area contributed by atoms with E-state index in [0.29, 0.717) is 71.9 Å². The van der Waals surface area contributed by atoms with Crippen molar-refractivity contribution < 1.29 is 0 Å². The minimum atomic E-state index is -0.227. The third-order valence-corrected chi connectivity index (χ3v) is 24.9. The number of rotatable bonds is 16. The molecule has 100 heavy (non-hydrogen) atoms. The van der Waals surface area contributed by atoms with Crippen LogP contribution in [0, 0.1) is 44.4 Å². The lowest BCUT2D eigenvalue weighted by atomic mass is 9.88. The van der Waals surface area contributed by atoms with Gasteiger partial charge in [-0.05, 0) is 182 Å². The average Bonchev–Trinajstić information content (AvgIpc) is 1.60. The standard InChI is InChI=1S/C76H92Cl6N18/c1-44-39-95(28-22-63(44)92-24-12-10-9-11-13-25-92)68-36-83-72-49(6)90-99(75(72)86-68)66(58-18-15-55(78)34-61(58)81)31-52-20-26-93(42-52)64-23-29-96(40-45(64)2)69-37-84-73-50(7)91-100(76(73)87-69)67(59-19-16-56(79)35-62(59)82)32-53-21-27-94(43-53)65-30-47(4)97(41-46(65)3)70-38-85-71-48(5)89-98(74(71)88-70)51(8)57-17-14-54(77)33-60(57)80/h14-20,33-38,44-47,51,53,63-67H,9-13,21-32,39-43H2,1-8H3. The molecule has 24 heteroatoms. The Bertz CT molecular complexity index is 4510. The van der Waals surface area contributed by atoms with Crippen LogP contribution in [-0.4, -0.2) is 170 Å². The van der Waals surface area contributed by atoms with Crippen LogP contribution in [0.15, 0.2) is 84.8 Å². The smallest absolute Gasteiger partial charge is 0.179 e. The first-order valence-corrected chi connectivity index (χ1v) is 38.7. The molecule has 0 aliphatic carbocycles. The Hall–Kier alpha value is -5.93. The van der Waals surface area contributed by atoms with Crippen molar-refractivity contribution >= 4 is 121 Å². The highest BCUT2D eigenvalue weighted by Crippen LogP contribution is 2.43. The van der Waals surface area contributed by atoms with E-state index in [1.54, 1.807) is 6.07 Å². The Kier molecular flexibility index (Phi) is 20.4. The second-order valence-electron chi connectivity index (χ2n) is 30.0. The van der Waals surface area contributed by atoms with Crippen LogP contribution < -0.4 is 14.7 Å². The normalized spacial score (nSPS) is 24.9. The van der Waals surface area contributed by atoms with E-state index in [1.165, 1.54) is 50.8 Å². The van der Waals surface area contributed by atoms with Gasteiger partial charge in [0.2, 0.25) is 0 Å². The number of aromatic nitrogens is 12. The predicted octanol–water partition coefficient (Wildman–Crippen LogP) is 16.8. The molecule has 3 aromatic carbocycles. The molecule has 528 valence electrons. The number of fused-ring (bicyclic) bond motifs is 3. The largest absolute Gasteiger partial charge is 0.355 e. The van der Waals surface area contributed by atoms with Crippen molar-refractivity contribution in [1.82, 2.24) is 73.9 Å². The predicted molar refractivity (Wildman–Crippen MR) is 407 cm³/mol. The molecule has 15 rings (SSSR count). The molecule has 0 bridgehead atoms. The summed E-state index contributed by atoms with van der Waals surface area (Å²) in [6.45, 7) is 28.3. The molecule has 0 amide bonds. The number of nitrogens with zero attached hydrogens (tertiary/aromatic N) is 18. The van der Waals surface area contributed by atoms with Crippen molar-refractivity contribution in [2.45, 2.75) is 168 Å². The zero-order valence-corrected chi connectivity index (χ0v) is 63.3. The number of hydrogen-bond donors (Lipinski definition) is 0. The molecule has 5 saturated heterocycles. The van der Waals surface area contributed by atoms with Gasteiger partial charge in [-0.25, -0.2) is 43.9 Å². The molecule has 0 radical (unpaired) electrons. The van der Waals surface area contributed by atoms with Gasteiger partial charge >= 0.3 is 0 Å². The third kappa shape index (κ3) is 13.9. The molecule has 6 aliphatic rings. The maximum Gasteiger partial charge on any atom is 0.179 e. The fourth-order valence-electron chi connectivity index (χ4n) is 18.0.